The molecule has 0 aromatic heterocycles. The van der Waals surface area contributed by atoms with E-state index in [1.165, 1.54) is 5.69 Å². The smallest absolute Gasteiger partial charge is 0.220 e. The first-order valence-electron chi connectivity index (χ1n) is 9.75. The van der Waals surface area contributed by atoms with Gasteiger partial charge >= 0.3 is 0 Å². The van der Waals surface area contributed by atoms with Crippen LogP contribution in [-0.4, -0.2) is 42.6 Å². The largest absolute Gasteiger partial charge is 0.508 e. The summed E-state index contributed by atoms with van der Waals surface area (Å²) in [5.41, 5.74) is 2.33. The number of hydrogen-bond donors (Lipinski definition) is 2. The van der Waals surface area contributed by atoms with Gasteiger partial charge in [0.25, 0.3) is 0 Å². The van der Waals surface area contributed by atoms with Gasteiger partial charge in [-0.15, -0.1) is 11.8 Å². The summed E-state index contributed by atoms with van der Waals surface area (Å²) in [6, 6.07) is 15.4. The molecular formula is C22H28N2O3S. The molecule has 1 saturated heterocycles. The second-order valence-electron chi connectivity index (χ2n) is 6.97. The molecule has 2 aromatic rings. The third kappa shape index (κ3) is 6.17. The number of para-hydroxylation sites is 1. The number of morpholine rings is 1. The van der Waals surface area contributed by atoms with Crippen molar-refractivity contribution in [2.24, 2.45) is 0 Å². The minimum Gasteiger partial charge on any atom is -0.508 e. The molecule has 0 bridgehead atoms. The Morgan fingerprint density at radius 1 is 1.18 bits per heavy atom. The number of benzene rings is 2. The SMILES string of the molecule is CC(CCC(=O)NCc1ccccc1N1CCOCC1)Sc1ccc(O)cc1. The summed E-state index contributed by atoms with van der Waals surface area (Å²) in [4.78, 5) is 15.7. The predicted octanol–water partition coefficient (Wildman–Crippen LogP) is 3.81. The number of nitrogens with one attached hydrogen (secondary N) is 1. The Balaban J connectivity index is 1.45. The van der Waals surface area contributed by atoms with Crippen LogP contribution in [0.4, 0.5) is 5.69 Å². The number of rotatable bonds is 8. The van der Waals surface area contributed by atoms with Crippen molar-refractivity contribution in [3.05, 3.63) is 54.1 Å². The fourth-order valence-electron chi connectivity index (χ4n) is 3.21. The Hall–Kier alpha value is -2.18. The average molecular weight is 401 g/mol. The highest BCUT2D eigenvalue weighted by Gasteiger charge is 2.15. The Morgan fingerprint density at radius 3 is 2.64 bits per heavy atom. The Kier molecular flexibility index (Phi) is 7.62. The lowest BCUT2D eigenvalue weighted by Gasteiger charge is -2.30. The lowest BCUT2D eigenvalue weighted by Crippen LogP contribution is -2.37. The minimum absolute atomic E-state index is 0.0786. The monoisotopic (exact) mass is 400 g/mol. The van der Waals surface area contributed by atoms with Gasteiger partial charge < -0.3 is 20.1 Å². The van der Waals surface area contributed by atoms with Crippen molar-refractivity contribution in [1.29, 1.82) is 0 Å². The summed E-state index contributed by atoms with van der Waals surface area (Å²) in [6.07, 6.45) is 1.31. The highest BCUT2D eigenvalue weighted by atomic mass is 32.2. The quantitative estimate of drug-likeness (QED) is 0.660. The lowest BCUT2D eigenvalue weighted by molar-refractivity contribution is -0.121. The molecule has 2 aromatic carbocycles. The molecule has 1 unspecified atom stereocenters. The van der Waals surface area contributed by atoms with Crippen LogP contribution in [0.2, 0.25) is 0 Å². The van der Waals surface area contributed by atoms with Crippen LogP contribution in [0.3, 0.4) is 0 Å². The third-order valence-electron chi connectivity index (χ3n) is 4.77. The Labute approximate surface area is 171 Å². The molecule has 0 aliphatic carbocycles. The van der Waals surface area contributed by atoms with E-state index in [1.54, 1.807) is 23.9 Å². The van der Waals surface area contributed by atoms with Crippen molar-refractivity contribution >= 4 is 23.4 Å². The number of phenolic OH excluding ortho intramolecular Hbond substituents is 1. The van der Waals surface area contributed by atoms with Crippen molar-refractivity contribution in [3.63, 3.8) is 0 Å². The molecule has 1 aliphatic heterocycles. The van der Waals surface area contributed by atoms with Crippen LogP contribution in [0.25, 0.3) is 0 Å². The van der Waals surface area contributed by atoms with Gasteiger partial charge in [-0.3, -0.25) is 4.79 Å². The van der Waals surface area contributed by atoms with Crippen LogP contribution in [0.5, 0.6) is 5.75 Å². The predicted molar refractivity (Wildman–Crippen MR) is 114 cm³/mol. The zero-order chi connectivity index (χ0) is 19.8. The Bertz CT molecular complexity index is 761. The number of aromatic hydroxyl groups is 1. The number of anilines is 1. The van der Waals surface area contributed by atoms with Crippen molar-refractivity contribution in [1.82, 2.24) is 5.32 Å². The van der Waals surface area contributed by atoms with E-state index in [9.17, 15) is 9.90 Å². The second kappa shape index (κ2) is 10.4. The van der Waals surface area contributed by atoms with Gasteiger partial charge in [0.05, 0.1) is 13.2 Å². The van der Waals surface area contributed by atoms with E-state index in [0.29, 0.717) is 18.2 Å². The zero-order valence-electron chi connectivity index (χ0n) is 16.3. The van der Waals surface area contributed by atoms with Gasteiger partial charge in [-0.2, -0.15) is 0 Å². The van der Waals surface area contributed by atoms with Crippen molar-refractivity contribution < 1.29 is 14.6 Å². The van der Waals surface area contributed by atoms with E-state index in [0.717, 1.165) is 43.2 Å². The van der Waals surface area contributed by atoms with Crippen LogP contribution >= 0.6 is 11.8 Å². The topological polar surface area (TPSA) is 61.8 Å². The van der Waals surface area contributed by atoms with Gasteiger partial charge in [0.2, 0.25) is 5.91 Å². The number of carbonyl (C=O) groups excluding carboxylic acids is 1. The highest BCUT2D eigenvalue weighted by molar-refractivity contribution is 7.99. The van der Waals surface area contributed by atoms with E-state index < -0.39 is 0 Å². The standard InChI is InChI=1S/C22H28N2O3S/c1-17(28-20-9-7-19(25)8-10-20)6-11-22(26)23-16-18-4-2-3-5-21(18)24-12-14-27-15-13-24/h2-5,7-10,17,25H,6,11-16H2,1H3,(H,23,26). The highest BCUT2D eigenvalue weighted by Crippen LogP contribution is 2.27. The molecule has 0 saturated carbocycles. The van der Waals surface area contributed by atoms with Gasteiger partial charge in [0.1, 0.15) is 5.75 Å². The molecule has 5 nitrogen and oxygen atoms in total. The number of phenols is 1. The minimum atomic E-state index is 0.0786. The second-order valence-corrected chi connectivity index (χ2v) is 8.48. The maximum atomic E-state index is 12.3. The fourth-order valence-corrected chi connectivity index (χ4v) is 4.20. The molecule has 6 heteroatoms. The fraction of sp³-hybridized carbons (Fsp3) is 0.409. The van der Waals surface area contributed by atoms with E-state index in [-0.39, 0.29) is 11.7 Å². The molecular weight excluding hydrogens is 372 g/mol. The van der Waals surface area contributed by atoms with E-state index in [2.05, 4.69) is 29.3 Å². The van der Waals surface area contributed by atoms with Crippen LogP contribution in [0.15, 0.2) is 53.4 Å². The molecule has 28 heavy (non-hydrogen) atoms. The van der Waals surface area contributed by atoms with Crippen LogP contribution in [0, 0.1) is 0 Å². The average Bonchev–Trinajstić information content (AvgIpc) is 2.73. The molecule has 1 fully saturated rings. The maximum Gasteiger partial charge on any atom is 0.220 e. The van der Waals surface area contributed by atoms with Gasteiger partial charge in [-0.25, -0.2) is 0 Å². The molecule has 0 radical (unpaired) electrons. The van der Waals surface area contributed by atoms with Gasteiger partial charge in [0.15, 0.2) is 0 Å². The number of amides is 1. The summed E-state index contributed by atoms with van der Waals surface area (Å²) in [5, 5.41) is 12.7. The molecule has 1 atom stereocenters. The summed E-state index contributed by atoms with van der Waals surface area (Å²) in [6.45, 7) is 5.94. The van der Waals surface area contributed by atoms with Crippen LogP contribution in [-0.2, 0) is 16.1 Å². The summed E-state index contributed by atoms with van der Waals surface area (Å²) >= 11 is 1.72. The first-order chi connectivity index (χ1) is 13.6. The number of nitrogens with zero attached hydrogens (tertiary/aromatic N) is 1. The van der Waals surface area contributed by atoms with Crippen molar-refractivity contribution in [2.45, 2.75) is 36.5 Å². The lowest BCUT2D eigenvalue weighted by atomic mass is 10.1. The van der Waals surface area contributed by atoms with Gasteiger partial charge in [-0.05, 0) is 42.3 Å². The van der Waals surface area contributed by atoms with E-state index in [1.807, 2.05) is 24.3 Å². The number of carbonyl (C=O) groups is 1. The van der Waals surface area contributed by atoms with Crippen LogP contribution in [0.1, 0.15) is 25.3 Å². The van der Waals surface area contributed by atoms with Crippen molar-refractivity contribution in [2.75, 3.05) is 31.2 Å². The molecule has 1 heterocycles. The van der Waals surface area contributed by atoms with Crippen molar-refractivity contribution in [3.8, 4) is 5.75 Å². The Morgan fingerprint density at radius 2 is 1.89 bits per heavy atom. The number of ether oxygens (including phenoxy) is 1. The molecule has 0 spiro atoms. The number of thioether (sulfide) groups is 1. The maximum absolute atomic E-state index is 12.3. The van der Waals surface area contributed by atoms with E-state index >= 15 is 0 Å². The van der Waals surface area contributed by atoms with Gasteiger partial charge in [-0.1, -0.05) is 25.1 Å². The summed E-state index contributed by atoms with van der Waals surface area (Å²) < 4.78 is 5.44. The summed E-state index contributed by atoms with van der Waals surface area (Å²) in [5.74, 6) is 0.351. The van der Waals surface area contributed by atoms with Crippen LogP contribution < -0.4 is 10.2 Å². The molecule has 1 amide bonds. The first kappa shape index (κ1) is 20.6. The van der Waals surface area contributed by atoms with Gasteiger partial charge in [0, 0.05) is 41.9 Å². The molecule has 2 N–H and O–H groups in total. The molecule has 3 rings (SSSR count). The zero-order valence-corrected chi connectivity index (χ0v) is 17.1. The molecule has 1 aliphatic rings. The summed E-state index contributed by atoms with van der Waals surface area (Å²) in [7, 11) is 0. The van der Waals surface area contributed by atoms with E-state index in [4.69, 9.17) is 4.74 Å². The number of hydrogen-bond acceptors (Lipinski definition) is 5. The third-order valence-corrected chi connectivity index (χ3v) is 5.95. The normalized spacial score (nSPS) is 15.2. The first-order valence-corrected chi connectivity index (χ1v) is 10.6. The molecule has 150 valence electrons.